The molecule has 0 N–H and O–H groups in total. The molecule has 0 bridgehead atoms. The number of ether oxygens (including phenoxy) is 4. The maximum absolute atomic E-state index is 11.6. The fourth-order valence-corrected chi connectivity index (χ4v) is 2.01. The number of para-hydroxylation sites is 1. The van der Waals surface area contributed by atoms with Crippen LogP contribution in [0.1, 0.15) is 32.8 Å². The topological polar surface area (TPSA) is 54.0 Å². The Bertz CT molecular complexity index is 522. The van der Waals surface area contributed by atoms with Crippen LogP contribution in [-0.4, -0.2) is 39.0 Å². The molecule has 1 rings (SSSR count). The van der Waals surface area contributed by atoms with Crippen molar-refractivity contribution in [1.29, 1.82) is 0 Å². The molecule has 5 nitrogen and oxygen atoms in total. The SMILES string of the molecule is CCOC(=O)CC(/C=C/c1cccc(OC)c1OC(C)C)OC. The molecule has 1 atom stereocenters. The summed E-state index contributed by atoms with van der Waals surface area (Å²) in [6, 6.07) is 5.66. The van der Waals surface area contributed by atoms with Gasteiger partial charge in [-0.15, -0.1) is 0 Å². The van der Waals surface area contributed by atoms with Crippen LogP contribution in [0.2, 0.25) is 0 Å². The molecule has 0 aliphatic heterocycles. The molecular formula is C18H26O5. The highest BCUT2D eigenvalue weighted by Crippen LogP contribution is 2.33. The first-order valence-corrected chi connectivity index (χ1v) is 7.72. The smallest absolute Gasteiger partial charge is 0.308 e. The highest BCUT2D eigenvalue weighted by molar-refractivity contribution is 5.71. The average molecular weight is 322 g/mol. The van der Waals surface area contributed by atoms with Crippen LogP contribution >= 0.6 is 0 Å². The second-order valence-corrected chi connectivity index (χ2v) is 5.19. The van der Waals surface area contributed by atoms with E-state index in [2.05, 4.69) is 0 Å². The Labute approximate surface area is 138 Å². The van der Waals surface area contributed by atoms with Crippen LogP contribution in [0.4, 0.5) is 0 Å². The molecule has 1 aromatic carbocycles. The standard InChI is InChI=1S/C18H26O5/c1-6-22-17(19)12-15(20-4)11-10-14-8-7-9-16(21-5)18(14)23-13(2)3/h7-11,13,15H,6,12H2,1-5H3/b11-10+. The van der Waals surface area contributed by atoms with E-state index in [0.29, 0.717) is 18.1 Å². The Kier molecular flexibility index (Phi) is 8.19. The zero-order valence-electron chi connectivity index (χ0n) is 14.5. The Hall–Kier alpha value is -2.01. The van der Waals surface area contributed by atoms with Crippen molar-refractivity contribution in [3.05, 3.63) is 29.8 Å². The van der Waals surface area contributed by atoms with Crippen LogP contribution in [0.3, 0.4) is 0 Å². The number of rotatable bonds is 9. The lowest BCUT2D eigenvalue weighted by atomic mass is 10.1. The highest BCUT2D eigenvalue weighted by Gasteiger charge is 2.13. The quantitative estimate of drug-likeness (QED) is 0.652. The highest BCUT2D eigenvalue weighted by atomic mass is 16.5. The average Bonchev–Trinajstić information content (AvgIpc) is 2.52. The van der Waals surface area contributed by atoms with Crippen molar-refractivity contribution in [2.24, 2.45) is 0 Å². The number of hydrogen-bond donors (Lipinski definition) is 0. The van der Waals surface area contributed by atoms with Gasteiger partial charge in [-0.25, -0.2) is 0 Å². The van der Waals surface area contributed by atoms with Gasteiger partial charge < -0.3 is 18.9 Å². The second-order valence-electron chi connectivity index (χ2n) is 5.19. The molecule has 0 aliphatic carbocycles. The minimum Gasteiger partial charge on any atom is -0.493 e. The summed E-state index contributed by atoms with van der Waals surface area (Å²) in [5, 5.41) is 0. The molecule has 0 spiro atoms. The van der Waals surface area contributed by atoms with E-state index < -0.39 is 0 Å². The van der Waals surface area contributed by atoms with Crippen LogP contribution in [0.5, 0.6) is 11.5 Å². The fourth-order valence-electron chi connectivity index (χ4n) is 2.01. The summed E-state index contributed by atoms with van der Waals surface area (Å²) >= 11 is 0. The van der Waals surface area contributed by atoms with Gasteiger partial charge in [0.1, 0.15) is 0 Å². The van der Waals surface area contributed by atoms with E-state index in [1.165, 1.54) is 0 Å². The number of esters is 1. The largest absolute Gasteiger partial charge is 0.493 e. The molecule has 0 fully saturated rings. The Morgan fingerprint density at radius 1 is 1.26 bits per heavy atom. The zero-order valence-corrected chi connectivity index (χ0v) is 14.5. The van der Waals surface area contributed by atoms with E-state index >= 15 is 0 Å². The van der Waals surface area contributed by atoms with Crippen molar-refractivity contribution < 1.29 is 23.7 Å². The van der Waals surface area contributed by atoms with Crippen molar-refractivity contribution in [3.63, 3.8) is 0 Å². The van der Waals surface area contributed by atoms with Gasteiger partial charge >= 0.3 is 5.97 Å². The van der Waals surface area contributed by atoms with Crippen molar-refractivity contribution in [2.45, 2.75) is 39.4 Å². The number of methoxy groups -OCH3 is 2. The lowest BCUT2D eigenvalue weighted by Crippen LogP contribution is -2.15. The molecule has 23 heavy (non-hydrogen) atoms. The maximum atomic E-state index is 11.6. The molecule has 0 heterocycles. The van der Waals surface area contributed by atoms with Crippen LogP contribution in [0.15, 0.2) is 24.3 Å². The minimum atomic E-state index is -0.354. The van der Waals surface area contributed by atoms with E-state index in [1.54, 1.807) is 21.1 Å². The Morgan fingerprint density at radius 3 is 2.57 bits per heavy atom. The summed E-state index contributed by atoms with van der Waals surface area (Å²) in [6.07, 6.45) is 3.53. The molecular weight excluding hydrogens is 296 g/mol. The van der Waals surface area contributed by atoms with Crippen LogP contribution in [0, 0.1) is 0 Å². The predicted octanol–water partition coefficient (Wildman–Crippen LogP) is 3.46. The van der Waals surface area contributed by atoms with Gasteiger partial charge in [0.25, 0.3) is 0 Å². The van der Waals surface area contributed by atoms with E-state index in [4.69, 9.17) is 18.9 Å². The zero-order chi connectivity index (χ0) is 17.2. The molecule has 0 saturated carbocycles. The van der Waals surface area contributed by atoms with Gasteiger partial charge in [-0.05, 0) is 26.8 Å². The van der Waals surface area contributed by atoms with E-state index in [-0.39, 0.29) is 24.6 Å². The molecule has 0 aliphatic rings. The van der Waals surface area contributed by atoms with Crippen molar-refractivity contribution in [1.82, 2.24) is 0 Å². The Balaban J connectivity index is 2.94. The molecule has 128 valence electrons. The van der Waals surface area contributed by atoms with Crippen LogP contribution in [-0.2, 0) is 14.3 Å². The first-order chi connectivity index (χ1) is 11.0. The summed E-state index contributed by atoms with van der Waals surface area (Å²) < 4.78 is 21.4. The first-order valence-electron chi connectivity index (χ1n) is 7.72. The summed E-state index contributed by atoms with van der Waals surface area (Å²) in [4.78, 5) is 11.6. The lowest BCUT2D eigenvalue weighted by Gasteiger charge is -2.16. The Morgan fingerprint density at radius 2 is 2.00 bits per heavy atom. The summed E-state index contributed by atoms with van der Waals surface area (Å²) in [7, 11) is 3.17. The molecule has 0 saturated heterocycles. The van der Waals surface area contributed by atoms with Gasteiger partial charge in [0.05, 0.1) is 32.3 Å². The van der Waals surface area contributed by atoms with E-state index in [1.807, 2.05) is 44.2 Å². The fraction of sp³-hybridized carbons (Fsp3) is 0.500. The molecule has 0 amide bonds. The number of hydrogen-bond acceptors (Lipinski definition) is 5. The molecule has 0 radical (unpaired) electrons. The molecule has 1 unspecified atom stereocenters. The van der Waals surface area contributed by atoms with Crippen molar-refractivity contribution in [2.75, 3.05) is 20.8 Å². The van der Waals surface area contributed by atoms with Gasteiger partial charge in [0.2, 0.25) is 0 Å². The molecule has 0 aromatic heterocycles. The third-order valence-electron chi connectivity index (χ3n) is 3.05. The number of carbonyl (C=O) groups is 1. The predicted molar refractivity (Wildman–Crippen MR) is 89.8 cm³/mol. The van der Waals surface area contributed by atoms with Gasteiger partial charge in [0, 0.05) is 12.7 Å². The van der Waals surface area contributed by atoms with Crippen molar-refractivity contribution >= 4 is 12.0 Å². The number of benzene rings is 1. The van der Waals surface area contributed by atoms with E-state index in [0.717, 1.165) is 5.56 Å². The third-order valence-corrected chi connectivity index (χ3v) is 3.05. The van der Waals surface area contributed by atoms with Gasteiger partial charge in [0.15, 0.2) is 11.5 Å². The van der Waals surface area contributed by atoms with E-state index in [9.17, 15) is 4.79 Å². The van der Waals surface area contributed by atoms with Gasteiger partial charge in [-0.2, -0.15) is 0 Å². The lowest BCUT2D eigenvalue weighted by molar-refractivity contribution is -0.145. The third kappa shape index (κ3) is 6.32. The summed E-state index contributed by atoms with van der Waals surface area (Å²) in [5.41, 5.74) is 0.865. The minimum absolute atomic E-state index is 0.0243. The van der Waals surface area contributed by atoms with Gasteiger partial charge in [-0.3, -0.25) is 4.79 Å². The van der Waals surface area contributed by atoms with Crippen LogP contribution in [0.25, 0.3) is 6.08 Å². The monoisotopic (exact) mass is 322 g/mol. The maximum Gasteiger partial charge on any atom is 0.308 e. The molecule has 5 heteroatoms. The first kappa shape index (κ1) is 19.0. The number of carbonyl (C=O) groups excluding carboxylic acids is 1. The second kappa shape index (κ2) is 9.90. The van der Waals surface area contributed by atoms with Crippen LogP contribution < -0.4 is 9.47 Å². The molecule has 1 aromatic rings. The van der Waals surface area contributed by atoms with Gasteiger partial charge in [-0.1, -0.05) is 24.3 Å². The summed E-state index contributed by atoms with van der Waals surface area (Å²) in [6.45, 7) is 6.06. The normalized spacial score (nSPS) is 12.4. The van der Waals surface area contributed by atoms with Crippen molar-refractivity contribution in [3.8, 4) is 11.5 Å². The summed E-state index contributed by atoms with van der Waals surface area (Å²) in [5.74, 6) is 1.06.